The third kappa shape index (κ3) is 4.22. The van der Waals surface area contributed by atoms with Gasteiger partial charge in [-0.1, -0.05) is 29.8 Å². The van der Waals surface area contributed by atoms with Gasteiger partial charge in [-0.05, 0) is 41.2 Å². The molecule has 0 atom stereocenters. The molecule has 0 saturated carbocycles. The molecule has 8 nitrogen and oxygen atoms in total. The quantitative estimate of drug-likeness (QED) is 0.255. The number of imidazole rings is 1. The van der Waals surface area contributed by atoms with E-state index in [4.69, 9.17) is 21.1 Å². The van der Waals surface area contributed by atoms with Gasteiger partial charge in [0.05, 0.1) is 26.1 Å². The highest BCUT2D eigenvalue weighted by Gasteiger charge is 2.33. The van der Waals surface area contributed by atoms with Crippen LogP contribution in [0.5, 0.6) is 10.9 Å². The summed E-state index contributed by atoms with van der Waals surface area (Å²) in [5, 5.41) is 5.43. The zero-order valence-corrected chi connectivity index (χ0v) is 20.2. The molecular formula is C23H16ClF3N4O4S. The van der Waals surface area contributed by atoms with Gasteiger partial charge in [0.1, 0.15) is 11.4 Å². The van der Waals surface area contributed by atoms with Gasteiger partial charge in [-0.3, -0.25) is 0 Å². The lowest BCUT2D eigenvalue weighted by Gasteiger charge is -2.12. The van der Waals surface area contributed by atoms with Crippen LogP contribution in [0.25, 0.3) is 27.1 Å². The van der Waals surface area contributed by atoms with E-state index in [1.54, 1.807) is 28.8 Å². The Labute approximate surface area is 210 Å². The molecule has 0 aliphatic carbocycles. The number of nitrogens with zero attached hydrogens (tertiary/aromatic N) is 4. The van der Waals surface area contributed by atoms with E-state index in [1.807, 2.05) is 0 Å². The molecule has 0 radical (unpaired) electrons. The molecule has 3 aromatic heterocycles. The number of hydrogen-bond donors (Lipinski definition) is 0. The number of aromatic nitrogens is 4. The average Bonchev–Trinajstić information content (AvgIpc) is 3.50. The number of methoxy groups -OCH3 is 2. The maximum Gasteiger partial charge on any atom is 0.573 e. The number of carbonyl (C=O) groups excluding carboxylic acids is 1. The van der Waals surface area contributed by atoms with Crippen LogP contribution in [0, 0.1) is 0 Å². The third-order valence-electron chi connectivity index (χ3n) is 5.43. The zero-order valence-electron chi connectivity index (χ0n) is 18.7. The van der Waals surface area contributed by atoms with Crippen LogP contribution >= 0.6 is 22.9 Å². The monoisotopic (exact) mass is 536 g/mol. The molecule has 3 heterocycles. The smallest absolute Gasteiger partial charge is 0.472 e. The molecule has 2 aromatic carbocycles. The molecule has 0 saturated heterocycles. The minimum atomic E-state index is -4.90. The minimum Gasteiger partial charge on any atom is -0.472 e. The normalized spacial score (nSPS) is 11.8. The fourth-order valence-electron chi connectivity index (χ4n) is 3.99. The Morgan fingerprint density at radius 2 is 1.94 bits per heavy atom. The number of alkyl halides is 3. The van der Waals surface area contributed by atoms with E-state index in [1.165, 1.54) is 54.5 Å². The van der Waals surface area contributed by atoms with Crippen molar-refractivity contribution in [2.75, 3.05) is 14.2 Å². The number of hydrogen-bond acceptors (Lipinski definition) is 7. The number of rotatable bonds is 6. The van der Waals surface area contributed by atoms with Crippen molar-refractivity contribution in [3.8, 4) is 22.2 Å². The summed E-state index contributed by atoms with van der Waals surface area (Å²) in [5.41, 5.74) is 1.87. The van der Waals surface area contributed by atoms with E-state index < -0.39 is 18.1 Å². The Hall–Kier alpha value is -3.77. The van der Waals surface area contributed by atoms with Gasteiger partial charge in [0.25, 0.3) is 5.19 Å². The zero-order chi connectivity index (χ0) is 25.6. The first-order valence-corrected chi connectivity index (χ1v) is 11.5. The highest BCUT2D eigenvalue weighted by atomic mass is 35.5. The molecule has 5 rings (SSSR count). The molecule has 0 fully saturated rings. The maximum absolute atomic E-state index is 13.1. The average molecular weight is 537 g/mol. The molecule has 0 N–H and O–H groups in total. The van der Waals surface area contributed by atoms with Crippen LogP contribution in [-0.4, -0.2) is 45.7 Å². The second-order valence-corrected chi connectivity index (χ2v) is 8.86. The number of carbonyl (C=O) groups is 1. The number of halogens is 4. The fraction of sp³-hybridized carbons (Fsp3) is 0.174. The van der Waals surface area contributed by atoms with E-state index in [-0.39, 0.29) is 17.8 Å². The van der Waals surface area contributed by atoms with Crippen molar-refractivity contribution in [2.45, 2.75) is 12.9 Å². The molecular weight excluding hydrogens is 521 g/mol. The summed E-state index contributed by atoms with van der Waals surface area (Å²) >= 11 is 7.55. The topological polar surface area (TPSA) is 79.9 Å². The van der Waals surface area contributed by atoms with Crippen LogP contribution in [0.3, 0.4) is 0 Å². The largest absolute Gasteiger partial charge is 0.573 e. The first-order chi connectivity index (χ1) is 17.2. The molecule has 0 aliphatic heterocycles. The molecule has 0 bridgehead atoms. The lowest BCUT2D eigenvalue weighted by atomic mass is 10.1. The first kappa shape index (κ1) is 23.9. The van der Waals surface area contributed by atoms with Gasteiger partial charge in [-0.15, -0.1) is 18.3 Å². The molecule has 5 aromatic rings. The van der Waals surface area contributed by atoms with Crippen molar-refractivity contribution in [3.63, 3.8) is 0 Å². The van der Waals surface area contributed by atoms with Gasteiger partial charge in [-0.2, -0.15) is 4.52 Å². The van der Waals surface area contributed by atoms with Crippen molar-refractivity contribution in [2.24, 2.45) is 0 Å². The van der Waals surface area contributed by atoms with Crippen molar-refractivity contribution in [3.05, 3.63) is 64.9 Å². The van der Waals surface area contributed by atoms with E-state index in [2.05, 4.69) is 14.8 Å². The Bertz CT molecular complexity index is 1610. The summed E-state index contributed by atoms with van der Waals surface area (Å²) in [4.78, 5) is 17.9. The lowest BCUT2D eigenvalue weighted by molar-refractivity contribution is -0.274. The van der Waals surface area contributed by atoms with Gasteiger partial charge in [0.2, 0.25) is 4.96 Å². The van der Waals surface area contributed by atoms with Crippen LogP contribution in [-0.2, 0) is 11.3 Å². The fourth-order valence-corrected chi connectivity index (χ4v) is 4.88. The minimum absolute atomic E-state index is 0.0883. The highest BCUT2D eigenvalue weighted by molar-refractivity contribution is 7.18. The molecule has 186 valence electrons. The van der Waals surface area contributed by atoms with E-state index >= 15 is 0 Å². The first-order valence-electron chi connectivity index (χ1n) is 10.3. The number of esters is 1. The number of ether oxygens (including phenoxy) is 3. The van der Waals surface area contributed by atoms with Gasteiger partial charge in [0, 0.05) is 28.0 Å². The molecule has 0 aliphatic rings. The van der Waals surface area contributed by atoms with Gasteiger partial charge in [0.15, 0.2) is 0 Å². The Morgan fingerprint density at radius 1 is 1.17 bits per heavy atom. The van der Waals surface area contributed by atoms with Crippen molar-refractivity contribution < 1.29 is 32.2 Å². The van der Waals surface area contributed by atoms with E-state index in [0.717, 1.165) is 0 Å². The molecule has 0 amide bonds. The lowest BCUT2D eigenvalue weighted by Crippen LogP contribution is -2.17. The molecule has 0 unspecified atom stereocenters. The van der Waals surface area contributed by atoms with Gasteiger partial charge >= 0.3 is 12.3 Å². The van der Waals surface area contributed by atoms with Crippen LogP contribution in [0.15, 0.2) is 48.7 Å². The van der Waals surface area contributed by atoms with Crippen LogP contribution in [0.4, 0.5) is 13.2 Å². The third-order valence-corrected chi connectivity index (χ3v) is 6.68. The van der Waals surface area contributed by atoms with Crippen LogP contribution in [0.2, 0.25) is 5.02 Å². The summed E-state index contributed by atoms with van der Waals surface area (Å²) in [6, 6.07) is 10.9. The summed E-state index contributed by atoms with van der Waals surface area (Å²) in [5.74, 6) is -1.15. The second kappa shape index (κ2) is 9.03. The SMILES string of the molecule is COC(=O)c1c(-c2cnc3sc(OC)nn23)c2cc(OC(F)(F)F)ccc2n1Cc1ccccc1Cl. The molecule has 36 heavy (non-hydrogen) atoms. The standard InChI is InChI=1S/C23H16ClF3N4O4S/c1-33-20(32)19-18(17-10-28-21-31(17)29-22(34-2)36-21)14-9-13(35-23(25,26)27)7-8-16(14)30(19)11-12-5-3-4-6-15(12)24/h3-10H,11H2,1-2H3. The van der Waals surface area contributed by atoms with Crippen molar-refractivity contribution >= 4 is 44.8 Å². The summed E-state index contributed by atoms with van der Waals surface area (Å²) in [7, 11) is 2.67. The van der Waals surface area contributed by atoms with Gasteiger partial charge < -0.3 is 18.8 Å². The van der Waals surface area contributed by atoms with Gasteiger partial charge in [-0.25, -0.2) is 9.78 Å². The summed E-state index contributed by atoms with van der Waals surface area (Å²) in [6.07, 6.45) is -3.41. The summed E-state index contributed by atoms with van der Waals surface area (Å²) in [6.45, 7) is 0.141. The van der Waals surface area contributed by atoms with E-state index in [0.29, 0.717) is 37.3 Å². The van der Waals surface area contributed by atoms with E-state index in [9.17, 15) is 18.0 Å². The predicted octanol–water partition coefficient (Wildman–Crippen LogP) is 5.81. The Kier molecular flexibility index (Phi) is 6.00. The van der Waals surface area contributed by atoms with Crippen LogP contribution < -0.4 is 9.47 Å². The predicted molar refractivity (Wildman–Crippen MR) is 127 cm³/mol. The van der Waals surface area contributed by atoms with Crippen LogP contribution in [0.1, 0.15) is 16.1 Å². The maximum atomic E-state index is 13.1. The number of benzene rings is 2. The van der Waals surface area contributed by atoms with Crippen molar-refractivity contribution in [1.82, 2.24) is 19.2 Å². The Balaban J connectivity index is 1.84. The molecule has 0 spiro atoms. The second-order valence-electron chi connectivity index (χ2n) is 7.53. The molecule has 13 heteroatoms. The van der Waals surface area contributed by atoms with Crippen molar-refractivity contribution in [1.29, 1.82) is 0 Å². The Morgan fingerprint density at radius 3 is 2.64 bits per heavy atom. The number of fused-ring (bicyclic) bond motifs is 2. The highest BCUT2D eigenvalue weighted by Crippen LogP contribution is 2.40. The summed E-state index contributed by atoms with van der Waals surface area (Å²) < 4.78 is 56.6.